The molecule has 6 heteroatoms. The van der Waals surface area contributed by atoms with Crippen molar-refractivity contribution in [2.24, 2.45) is 0 Å². The lowest BCUT2D eigenvalue weighted by Gasteiger charge is -2.29. The van der Waals surface area contributed by atoms with Gasteiger partial charge in [-0.25, -0.2) is 0 Å². The lowest BCUT2D eigenvalue weighted by Crippen LogP contribution is -2.49. The van der Waals surface area contributed by atoms with Gasteiger partial charge < -0.3 is 22.8 Å². The van der Waals surface area contributed by atoms with Gasteiger partial charge >= 0.3 is 8.80 Å². The summed E-state index contributed by atoms with van der Waals surface area (Å²) in [5.41, 5.74) is 0. The number of hydrogen-bond acceptors (Lipinski definition) is 5. The smallest absolute Gasteiger partial charge is 0.492 e. The molecule has 1 rings (SSSR count). The molecule has 0 aromatic carbocycles. The molecule has 0 radical (unpaired) electrons. The van der Waals surface area contributed by atoms with E-state index in [2.05, 4.69) is 0 Å². The molecule has 1 unspecified atom stereocenters. The topological polar surface area (TPSA) is 49.5 Å². The van der Waals surface area contributed by atoms with Gasteiger partial charge in [-0.05, 0) is 33.8 Å². The van der Waals surface area contributed by atoms with E-state index in [9.17, 15) is 0 Å². The van der Waals surface area contributed by atoms with Gasteiger partial charge in [-0.2, -0.15) is 0 Å². The Morgan fingerprint density at radius 2 is 1.67 bits per heavy atom. The van der Waals surface area contributed by atoms with Crippen molar-refractivity contribution >= 4 is 8.80 Å². The van der Waals surface area contributed by atoms with E-state index in [1.54, 1.807) is 0 Å². The molecule has 1 heterocycles. The number of epoxide rings is 1. The van der Waals surface area contributed by atoms with Crippen molar-refractivity contribution in [1.82, 2.24) is 0 Å². The van der Waals surface area contributed by atoms with Crippen LogP contribution in [0.3, 0.4) is 0 Å². The normalized spacial score (nSPS) is 20.0. The number of rotatable bonds is 10. The van der Waals surface area contributed by atoms with E-state index in [0.717, 1.165) is 6.61 Å². The zero-order chi connectivity index (χ0) is 13.4. The average Bonchev–Trinajstić information content (AvgIpc) is 3.15. The summed E-state index contributed by atoms with van der Waals surface area (Å²) >= 11 is 0. The Hall–Kier alpha value is -0.403. The van der Waals surface area contributed by atoms with Crippen LogP contribution in [0.25, 0.3) is 0 Å². The molecule has 0 saturated carbocycles. The second-order valence-electron chi connectivity index (χ2n) is 3.77. The Labute approximate surface area is 110 Å². The van der Waals surface area contributed by atoms with E-state index in [1.807, 2.05) is 33.8 Å². The van der Waals surface area contributed by atoms with E-state index >= 15 is 0 Å². The molecule has 0 spiro atoms. The van der Waals surface area contributed by atoms with Gasteiger partial charge in [0.25, 0.3) is 0 Å². The van der Waals surface area contributed by atoms with Gasteiger partial charge in [0.2, 0.25) is 0 Å². The Morgan fingerprint density at radius 3 is 2.00 bits per heavy atom. The minimum atomic E-state index is -2.88. The Balaban J connectivity index is 2.73. The highest BCUT2D eigenvalue weighted by molar-refractivity contribution is 6.68. The fourth-order valence-corrected chi connectivity index (χ4v) is 4.03. The van der Waals surface area contributed by atoms with Gasteiger partial charge in [-0.1, -0.05) is 0 Å². The number of ether oxygens (including phenoxy) is 2. The maximum Gasteiger partial charge on any atom is 0.573 e. The highest BCUT2D eigenvalue weighted by Crippen LogP contribution is 2.23. The van der Waals surface area contributed by atoms with E-state index in [0.29, 0.717) is 31.8 Å². The zero-order valence-electron chi connectivity index (χ0n) is 11.7. The van der Waals surface area contributed by atoms with Crippen molar-refractivity contribution in [2.45, 2.75) is 33.8 Å². The summed E-state index contributed by atoms with van der Waals surface area (Å²) in [5, 5.41) is 0.684. The molecule has 0 aliphatic carbocycles. The first kappa shape index (κ1) is 15.7. The summed E-state index contributed by atoms with van der Waals surface area (Å²) in [6.45, 7) is 10.6. The fraction of sp³-hybridized carbons (Fsp3) is 0.833. The van der Waals surface area contributed by atoms with Crippen molar-refractivity contribution < 1.29 is 22.8 Å². The van der Waals surface area contributed by atoms with Crippen molar-refractivity contribution in [3.63, 3.8) is 0 Å². The van der Waals surface area contributed by atoms with Gasteiger partial charge in [0.05, 0.1) is 6.61 Å². The van der Waals surface area contributed by atoms with Gasteiger partial charge in [-0.3, -0.25) is 0 Å². The lowest BCUT2D eigenvalue weighted by molar-refractivity contribution is 0.0543. The van der Waals surface area contributed by atoms with Crippen LogP contribution in [-0.4, -0.2) is 47.9 Å². The van der Waals surface area contributed by atoms with Crippen LogP contribution in [0.1, 0.15) is 27.7 Å². The standard InChI is InChI=1S/C12H24O5Si/c1-5-12(14-10-11-9-13-11)18(15-6-2,16-7-3)17-8-4/h5,11H,6-10H2,1-4H3. The molecule has 18 heavy (non-hydrogen) atoms. The highest BCUT2D eigenvalue weighted by Gasteiger charge is 2.47. The van der Waals surface area contributed by atoms with Crippen LogP contribution in [0.4, 0.5) is 0 Å². The minimum Gasteiger partial charge on any atom is -0.492 e. The van der Waals surface area contributed by atoms with Crippen LogP contribution in [0.5, 0.6) is 0 Å². The molecule has 0 N–H and O–H groups in total. The first-order chi connectivity index (χ1) is 8.72. The summed E-state index contributed by atoms with van der Waals surface area (Å²) in [4.78, 5) is 0. The van der Waals surface area contributed by atoms with Gasteiger partial charge in [0.15, 0.2) is 5.38 Å². The maximum absolute atomic E-state index is 5.78. The molecule has 0 bridgehead atoms. The molecule has 5 nitrogen and oxygen atoms in total. The molecule has 0 aromatic rings. The highest BCUT2D eigenvalue weighted by atomic mass is 28.4. The van der Waals surface area contributed by atoms with Crippen LogP contribution in [0.2, 0.25) is 0 Å². The fourth-order valence-electron chi connectivity index (χ4n) is 1.60. The number of hydrogen-bond donors (Lipinski definition) is 0. The third-order valence-electron chi connectivity index (χ3n) is 2.39. The zero-order valence-corrected chi connectivity index (χ0v) is 12.7. The van der Waals surface area contributed by atoms with Crippen LogP contribution in [0.15, 0.2) is 11.5 Å². The third-order valence-corrected chi connectivity index (χ3v) is 5.44. The predicted octanol–water partition coefficient (Wildman–Crippen LogP) is 1.89. The second-order valence-corrected chi connectivity index (χ2v) is 6.25. The van der Waals surface area contributed by atoms with Crippen molar-refractivity contribution in [3.05, 3.63) is 11.5 Å². The monoisotopic (exact) mass is 276 g/mol. The van der Waals surface area contributed by atoms with Gasteiger partial charge in [0, 0.05) is 19.8 Å². The first-order valence-electron chi connectivity index (χ1n) is 6.55. The van der Waals surface area contributed by atoms with E-state index in [4.69, 9.17) is 22.8 Å². The van der Waals surface area contributed by atoms with Gasteiger partial charge in [0.1, 0.15) is 12.7 Å². The Morgan fingerprint density at radius 1 is 1.17 bits per heavy atom. The van der Waals surface area contributed by atoms with Crippen molar-refractivity contribution in [3.8, 4) is 0 Å². The second kappa shape index (κ2) is 7.91. The molecule has 1 aliphatic rings. The molecular formula is C12H24O5Si. The lowest BCUT2D eigenvalue weighted by atomic mass is 10.5. The third kappa shape index (κ3) is 4.36. The SMILES string of the molecule is CC=C(OCC1CO1)[Si](OCC)(OCC)OCC. The molecule has 1 atom stereocenters. The molecular weight excluding hydrogens is 252 g/mol. The van der Waals surface area contributed by atoms with Crippen molar-refractivity contribution in [1.29, 1.82) is 0 Å². The maximum atomic E-state index is 5.78. The first-order valence-corrected chi connectivity index (χ1v) is 8.27. The predicted molar refractivity (Wildman–Crippen MR) is 70.1 cm³/mol. The quantitative estimate of drug-likeness (QED) is 0.346. The Kier molecular flexibility index (Phi) is 6.88. The summed E-state index contributed by atoms with van der Waals surface area (Å²) in [6, 6.07) is 0. The van der Waals surface area contributed by atoms with E-state index in [-0.39, 0.29) is 6.10 Å². The largest absolute Gasteiger partial charge is 0.573 e. The number of allylic oxidation sites excluding steroid dienone is 1. The average molecular weight is 276 g/mol. The minimum absolute atomic E-state index is 0.205. The molecule has 106 valence electrons. The molecule has 1 aliphatic heterocycles. The molecule has 1 saturated heterocycles. The van der Waals surface area contributed by atoms with E-state index < -0.39 is 8.80 Å². The molecule has 0 aromatic heterocycles. The van der Waals surface area contributed by atoms with Crippen LogP contribution in [0, 0.1) is 0 Å². The molecule has 0 amide bonds. The van der Waals surface area contributed by atoms with Gasteiger partial charge in [-0.15, -0.1) is 0 Å². The van der Waals surface area contributed by atoms with Crippen LogP contribution in [-0.2, 0) is 22.8 Å². The summed E-state index contributed by atoms with van der Waals surface area (Å²) in [6.07, 6.45) is 2.08. The van der Waals surface area contributed by atoms with Crippen LogP contribution >= 0.6 is 0 Å². The summed E-state index contributed by atoms with van der Waals surface area (Å²) in [7, 11) is -2.88. The Bertz CT molecular complexity index is 248. The summed E-state index contributed by atoms with van der Waals surface area (Å²) < 4.78 is 28.2. The summed E-state index contributed by atoms with van der Waals surface area (Å²) in [5.74, 6) is 0. The molecule has 1 fully saturated rings. The van der Waals surface area contributed by atoms with E-state index in [1.165, 1.54) is 0 Å². The van der Waals surface area contributed by atoms with Crippen molar-refractivity contribution in [2.75, 3.05) is 33.0 Å². The van der Waals surface area contributed by atoms with Crippen LogP contribution < -0.4 is 0 Å².